The molecule has 1 aliphatic heterocycles. The van der Waals surface area contributed by atoms with Gasteiger partial charge in [-0.15, -0.1) is 11.6 Å². The standard InChI is InChI=1S/C15H20ClNO2/c1-3-15(2,6-7-16)17-14(18)11-4-5-12-9-19-10-13(12)8-11/h4-5,8H,3,6-7,9-10H2,1-2H3,(H,17,18). The molecule has 104 valence electrons. The molecule has 0 saturated heterocycles. The third-order valence-corrected chi connectivity index (χ3v) is 4.01. The van der Waals surface area contributed by atoms with E-state index in [1.54, 1.807) is 0 Å². The lowest BCUT2D eigenvalue weighted by Gasteiger charge is -2.29. The maximum Gasteiger partial charge on any atom is 0.251 e. The van der Waals surface area contributed by atoms with Crippen molar-refractivity contribution < 1.29 is 9.53 Å². The number of fused-ring (bicyclic) bond motifs is 1. The predicted octanol–water partition coefficient (Wildman–Crippen LogP) is 3.24. The van der Waals surface area contributed by atoms with Crippen molar-refractivity contribution in [1.82, 2.24) is 5.32 Å². The number of nitrogens with one attached hydrogen (secondary N) is 1. The summed E-state index contributed by atoms with van der Waals surface area (Å²) in [6.07, 6.45) is 1.63. The first-order valence-corrected chi connectivity index (χ1v) is 7.19. The van der Waals surface area contributed by atoms with Crippen molar-refractivity contribution in [3.63, 3.8) is 0 Å². The molecule has 0 bridgehead atoms. The summed E-state index contributed by atoms with van der Waals surface area (Å²) >= 11 is 5.80. The molecule has 3 nitrogen and oxygen atoms in total. The zero-order chi connectivity index (χ0) is 13.9. The van der Waals surface area contributed by atoms with Gasteiger partial charge in [-0.05, 0) is 43.0 Å². The van der Waals surface area contributed by atoms with E-state index in [-0.39, 0.29) is 11.4 Å². The van der Waals surface area contributed by atoms with E-state index in [1.807, 2.05) is 25.1 Å². The fraction of sp³-hybridized carbons (Fsp3) is 0.533. The average molecular weight is 282 g/mol. The lowest BCUT2D eigenvalue weighted by Crippen LogP contribution is -2.45. The van der Waals surface area contributed by atoms with Gasteiger partial charge in [0.25, 0.3) is 5.91 Å². The fourth-order valence-electron chi connectivity index (χ4n) is 2.20. The summed E-state index contributed by atoms with van der Waals surface area (Å²) < 4.78 is 5.36. The number of benzene rings is 1. The van der Waals surface area contributed by atoms with Crippen LogP contribution in [0.2, 0.25) is 0 Å². The molecule has 19 heavy (non-hydrogen) atoms. The Morgan fingerprint density at radius 3 is 2.84 bits per heavy atom. The number of ether oxygens (including phenoxy) is 1. The molecule has 1 heterocycles. The van der Waals surface area contributed by atoms with Crippen LogP contribution >= 0.6 is 11.6 Å². The van der Waals surface area contributed by atoms with E-state index in [0.29, 0.717) is 24.7 Å². The monoisotopic (exact) mass is 281 g/mol. The third-order valence-electron chi connectivity index (χ3n) is 3.83. The molecule has 2 rings (SSSR count). The summed E-state index contributed by atoms with van der Waals surface area (Å²) in [6.45, 7) is 5.34. The molecule has 0 aliphatic carbocycles. The normalized spacial score (nSPS) is 16.8. The molecule has 1 unspecified atom stereocenters. The molecular formula is C15H20ClNO2. The molecule has 0 fully saturated rings. The second kappa shape index (κ2) is 5.93. The highest BCUT2D eigenvalue weighted by molar-refractivity contribution is 6.17. The zero-order valence-corrected chi connectivity index (χ0v) is 12.2. The van der Waals surface area contributed by atoms with Gasteiger partial charge in [-0.1, -0.05) is 13.0 Å². The molecule has 1 aromatic rings. The van der Waals surface area contributed by atoms with Crippen molar-refractivity contribution in [3.8, 4) is 0 Å². The van der Waals surface area contributed by atoms with Gasteiger partial charge in [-0.25, -0.2) is 0 Å². The van der Waals surface area contributed by atoms with Crippen LogP contribution in [0.5, 0.6) is 0 Å². The Bertz CT molecular complexity index is 475. The van der Waals surface area contributed by atoms with E-state index in [2.05, 4.69) is 12.2 Å². The van der Waals surface area contributed by atoms with Gasteiger partial charge in [0, 0.05) is 17.0 Å². The van der Waals surface area contributed by atoms with E-state index < -0.39 is 0 Å². The molecule has 0 aromatic heterocycles. The van der Waals surface area contributed by atoms with Crippen molar-refractivity contribution in [2.45, 2.75) is 45.4 Å². The lowest BCUT2D eigenvalue weighted by molar-refractivity contribution is 0.0901. The number of amides is 1. The predicted molar refractivity (Wildman–Crippen MR) is 76.4 cm³/mol. The minimum absolute atomic E-state index is 0.0378. The van der Waals surface area contributed by atoms with Gasteiger partial charge in [-0.3, -0.25) is 4.79 Å². The number of halogens is 1. The first-order chi connectivity index (χ1) is 9.08. The van der Waals surface area contributed by atoms with Crippen LogP contribution in [0.4, 0.5) is 0 Å². The molecule has 0 saturated carbocycles. The molecule has 1 atom stereocenters. The third kappa shape index (κ3) is 3.28. The van der Waals surface area contributed by atoms with Crippen molar-refractivity contribution >= 4 is 17.5 Å². The van der Waals surface area contributed by atoms with E-state index in [4.69, 9.17) is 16.3 Å². The van der Waals surface area contributed by atoms with Crippen LogP contribution in [0.1, 0.15) is 48.2 Å². The number of hydrogen-bond acceptors (Lipinski definition) is 2. The van der Waals surface area contributed by atoms with Crippen LogP contribution in [0, 0.1) is 0 Å². The van der Waals surface area contributed by atoms with E-state index in [1.165, 1.54) is 5.56 Å². The van der Waals surface area contributed by atoms with Crippen LogP contribution in [-0.4, -0.2) is 17.3 Å². The maximum atomic E-state index is 12.3. The molecule has 4 heteroatoms. The van der Waals surface area contributed by atoms with E-state index in [0.717, 1.165) is 18.4 Å². The Kier molecular flexibility index (Phi) is 4.48. The van der Waals surface area contributed by atoms with Crippen LogP contribution < -0.4 is 5.32 Å². The highest BCUT2D eigenvalue weighted by Gasteiger charge is 2.24. The van der Waals surface area contributed by atoms with Crippen molar-refractivity contribution in [1.29, 1.82) is 0 Å². The van der Waals surface area contributed by atoms with Gasteiger partial charge >= 0.3 is 0 Å². The smallest absolute Gasteiger partial charge is 0.251 e. The topological polar surface area (TPSA) is 38.3 Å². The molecular weight excluding hydrogens is 262 g/mol. The quantitative estimate of drug-likeness (QED) is 0.842. The molecule has 1 N–H and O–H groups in total. The minimum Gasteiger partial charge on any atom is -0.372 e. The Morgan fingerprint density at radius 2 is 2.16 bits per heavy atom. The largest absolute Gasteiger partial charge is 0.372 e. The molecule has 1 aromatic carbocycles. The lowest BCUT2D eigenvalue weighted by atomic mass is 9.94. The number of carbonyl (C=O) groups is 1. The number of alkyl halides is 1. The number of rotatable bonds is 5. The van der Waals surface area contributed by atoms with Crippen molar-refractivity contribution in [2.75, 3.05) is 5.88 Å². The highest BCUT2D eigenvalue weighted by Crippen LogP contribution is 2.22. The maximum absolute atomic E-state index is 12.3. The van der Waals surface area contributed by atoms with Gasteiger partial charge < -0.3 is 10.1 Å². The minimum atomic E-state index is -0.242. The van der Waals surface area contributed by atoms with Crippen molar-refractivity contribution in [3.05, 3.63) is 34.9 Å². The SMILES string of the molecule is CCC(C)(CCCl)NC(=O)c1ccc2c(c1)COC2. The Labute approximate surface area is 119 Å². The van der Waals surface area contributed by atoms with E-state index in [9.17, 15) is 4.79 Å². The summed E-state index contributed by atoms with van der Waals surface area (Å²) in [5, 5.41) is 3.09. The Hall–Kier alpha value is -1.06. The van der Waals surface area contributed by atoms with Gasteiger partial charge in [0.15, 0.2) is 0 Å². The molecule has 0 radical (unpaired) electrons. The van der Waals surface area contributed by atoms with Crippen LogP contribution in [0.15, 0.2) is 18.2 Å². The number of hydrogen-bond donors (Lipinski definition) is 1. The second-order valence-corrected chi connectivity index (χ2v) is 5.66. The van der Waals surface area contributed by atoms with Gasteiger partial charge in [-0.2, -0.15) is 0 Å². The Balaban J connectivity index is 2.11. The van der Waals surface area contributed by atoms with Gasteiger partial charge in [0.05, 0.1) is 13.2 Å². The van der Waals surface area contributed by atoms with Gasteiger partial charge in [0.2, 0.25) is 0 Å². The average Bonchev–Trinajstić information content (AvgIpc) is 2.86. The summed E-state index contributed by atoms with van der Waals surface area (Å²) in [5.41, 5.74) is 2.74. The van der Waals surface area contributed by atoms with Crippen LogP contribution in [-0.2, 0) is 18.0 Å². The summed E-state index contributed by atoms with van der Waals surface area (Å²) in [5.74, 6) is 0.506. The fourth-order valence-corrected chi connectivity index (χ4v) is 2.61. The van der Waals surface area contributed by atoms with Crippen LogP contribution in [0.3, 0.4) is 0 Å². The molecule has 1 amide bonds. The van der Waals surface area contributed by atoms with Crippen LogP contribution in [0.25, 0.3) is 0 Å². The van der Waals surface area contributed by atoms with Crippen molar-refractivity contribution in [2.24, 2.45) is 0 Å². The molecule has 0 spiro atoms. The Morgan fingerprint density at radius 1 is 1.42 bits per heavy atom. The first-order valence-electron chi connectivity index (χ1n) is 6.66. The zero-order valence-electron chi connectivity index (χ0n) is 11.5. The summed E-state index contributed by atoms with van der Waals surface area (Å²) in [6, 6.07) is 5.76. The number of carbonyl (C=O) groups excluding carboxylic acids is 1. The van der Waals surface area contributed by atoms with E-state index >= 15 is 0 Å². The van der Waals surface area contributed by atoms with Gasteiger partial charge in [0.1, 0.15) is 0 Å². The molecule has 1 aliphatic rings. The first kappa shape index (κ1) is 14.4. The summed E-state index contributed by atoms with van der Waals surface area (Å²) in [4.78, 5) is 12.3. The highest BCUT2D eigenvalue weighted by atomic mass is 35.5. The second-order valence-electron chi connectivity index (χ2n) is 5.28. The summed E-state index contributed by atoms with van der Waals surface area (Å²) in [7, 11) is 0.